The van der Waals surface area contributed by atoms with Gasteiger partial charge in [0.2, 0.25) is 0 Å². The number of likely N-dealkylation sites (tertiary alicyclic amines) is 1. The molecule has 8 aliphatic rings. The number of fused-ring (bicyclic) bond motifs is 1. The van der Waals surface area contributed by atoms with Crippen molar-refractivity contribution in [2.75, 3.05) is 129 Å². The Morgan fingerprint density at radius 2 is 0.506 bits per heavy atom. The van der Waals surface area contributed by atoms with Gasteiger partial charge in [-0.25, -0.2) is 0 Å². The number of ether oxygens (including phenoxy) is 1. The van der Waals surface area contributed by atoms with Crippen molar-refractivity contribution in [2.45, 2.75) is 306 Å². The molecule has 0 radical (unpaired) electrons. The van der Waals surface area contributed by atoms with Gasteiger partial charge in [0.1, 0.15) is 0 Å². The average Bonchev–Trinajstić information content (AvgIpc) is 4.28. The Bertz CT molecular complexity index is 700. The zero-order valence-corrected chi connectivity index (χ0v) is 66.2. The first kappa shape index (κ1) is 111. The average molecular weight is 1220 g/mol. The molecule has 1 aliphatic carbocycles. The Morgan fingerprint density at radius 3 is 0.627 bits per heavy atom. The van der Waals surface area contributed by atoms with Crippen LogP contribution in [0.4, 0.5) is 0 Å². The molecule has 2 unspecified atom stereocenters. The van der Waals surface area contributed by atoms with Gasteiger partial charge in [-0.1, -0.05) is 234 Å². The maximum absolute atomic E-state index is 5.01. The Labute approximate surface area is 538 Å². The van der Waals surface area contributed by atoms with Gasteiger partial charge in [0.25, 0.3) is 0 Å². The van der Waals surface area contributed by atoms with Crippen molar-refractivity contribution in [3.8, 4) is 0 Å². The molecule has 1 saturated carbocycles. The van der Waals surface area contributed by atoms with E-state index in [4.69, 9.17) is 4.74 Å². The van der Waals surface area contributed by atoms with Crippen molar-refractivity contribution in [3.63, 3.8) is 0 Å². The molecule has 0 aromatic carbocycles. The lowest BCUT2D eigenvalue weighted by molar-refractivity contribution is 0.109. The van der Waals surface area contributed by atoms with Crippen LogP contribution in [0.1, 0.15) is 300 Å². The van der Waals surface area contributed by atoms with Crippen LogP contribution in [0, 0.1) is 47.3 Å². The van der Waals surface area contributed by atoms with Gasteiger partial charge in [-0.2, -0.15) is 11.8 Å². The summed E-state index contributed by atoms with van der Waals surface area (Å²) in [5, 5.41) is 22.5. The molecule has 7 aliphatic heterocycles. The van der Waals surface area contributed by atoms with Gasteiger partial charge in [-0.15, -0.1) is 0 Å². The third-order valence-corrected chi connectivity index (χ3v) is 10.2. The maximum Gasteiger partial charge on any atom is 0.0591 e. The van der Waals surface area contributed by atoms with Crippen LogP contribution in [0.2, 0.25) is 0 Å². The second kappa shape index (κ2) is 107. The Hall–Kier alpha value is -0.0100. The molecule has 7 heterocycles. The van der Waals surface area contributed by atoms with E-state index in [-0.39, 0.29) is 0 Å². The highest BCUT2D eigenvalue weighted by Crippen LogP contribution is 2.40. The molecule has 0 bridgehead atoms. The molecule has 9 nitrogen and oxygen atoms in total. The van der Waals surface area contributed by atoms with Crippen LogP contribution in [0.15, 0.2) is 0 Å². The molecule has 7 saturated heterocycles. The molecule has 2 atom stereocenters. The summed E-state index contributed by atoms with van der Waals surface area (Å²) in [6.07, 6.45) is 12.9. The SMILES string of the molecule is C1CCNC1.C1CCNCC1.C1CNC1.C1CNCCN1.C1COCCN1.C1CSCCN1.CC.CC.CC.CC.CC.CC.CC.CC(C)(C)N1CC2CCCC2C1.CC(C)C.CC(C)C.CC(C)C.CC(C)C.CC(C)C.CC(C)C. The standard InChI is InChI=1S/C11H21N.C5H11N.C4H10N2.C4H9NO.C4H9NS.C4H9N.6C4H10.C3H7N.7C2H6/c1-11(2,3)12-7-9-5-4-6-10(9)8-12;1-2-4-6-5-3-1;1-2-6-4-3-5-1;2*1-3-6-4-2-5-1;1-2-4-5-3-1;6*1-4(2)3;1-2-4-3-1;7*1-2/h9-10H,4-8H2,1-3H3;6H,1-5H2;5-6H,1-4H2;2*5H,1-4H2;5H,1-4H2;6*4H,1-3H3;4H,1-3H2;7*1-2H3. The van der Waals surface area contributed by atoms with E-state index in [1.165, 1.54) is 135 Å². The third-order valence-electron chi connectivity index (χ3n) is 9.20. The number of morpholine rings is 1. The summed E-state index contributed by atoms with van der Waals surface area (Å²) in [4.78, 5) is 2.67. The minimum Gasteiger partial charge on any atom is -0.379 e. The van der Waals surface area contributed by atoms with E-state index < -0.39 is 0 Å². The van der Waals surface area contributed by atoms with E-state index in [1.54, 1.807) is 0 Å². The number of nitrogens with zero attached hydrogens (tertiary/aromatic N) is 1. The summed E-state index contributed by atoms with van der Waals surface area (Å²) in [5.41, 5.74) is 0.407. The summed E-state index contributed by atoms with van der Waals surface area (Å²) in [7, 11) is 0. The second-order valence-electron chi connectivity index (χ2n) is 24.5. The molecule has 522 valence electrons. The molecular weight excluding hydrogens is 1040 g/mol. The monoisotopic (exact) mass is 1220 g/mol. The van der Waals surface area contributed by atoms with Crippen molar-refractivity contribution in [3.05, 3.63) is 0 Å². The lowest BCUT2D eigenvalue weighted by atomic mass is 10.0. The zero-order chi connectivity index (χ0) is 67.6. The van der Waals surface area contributed by atoms with Gasteiger partial charge in [-0.05, 0) is 152 Å². The van der Waals surface area contributed by atoms with E-state index in [0.29, 0.717) is 5.54 Å². The lowest BCUT2D eigenvalue weighted by Gasteiger charge is -2.32. The molecular formula is C73H178N8OS. The highest BCUT2D eigenvalue weighted by molar-refractivity contribution is 7.99. The first-order chi connectivity index (χ1) is 39.5. The van der Waals surface area contributed by atoms with Crippen molar-refractivity contribution in [1.29, 1.82) is 0 Å². The van der Waals surface area contributed by atoms with Gasteiger partial charge in [0.05, 0.1) is 13.2 Å². The topological polar surface area (TPSA) is 96.7 Å². The fraction of sp³-hybridized carbons (Fsp3) is 1.00. The van der Waals surface area contributed by atoms with Gasteiger partial charge >= 0.3 is 0 Å². The molecule has 10 heteroatoms. The minimum absolute atomic E-state index is 0.407. The normalized spacial score (nSPS) is 18.0. The molecule has 83 heavy (non-hydrogen) atoms. The fourth-order valence-electron chi connectivity index (χ4n) is 6.02. The molecule has 8 fully saturated rings. The third kappa shape index (κ3) is 162. The van der Waals surface area contributed by atoms with E-state index in [0.717, 1.165) is 99.8 Å². The van der Waals surface area contributed by atoms with Crippen LogP contribution in [0.25, 0.3) is 0 Å². The van der Waals surface area contributed by atoms with E-state index >= 15 is 0 Å². The molecule has 7 N–H and O–H groups in total. The number of rotatable bonds is 0. The van der Waals surface area contributed by atoms with Crippen LogP contribution >= 0.6 is 11.8 Å². The number of thioether (sulfide) groups is 1. The zero-order valence-electron chi connectivity index (χ0n) is 65.4. The van der Waals surface area contributed by atoms with Gasteiger partial charge in [0, 0.05) is 82.5 Å². The van der Waals surface area contributed by atoms with Crippen molar-refractivity contribution < 1.29 is 4.74 Å². The highest BCUT2D eigenvalue weighted by Gasteiger charge is 2.39. The van der Waals surface area contributed by atoms with Gasteiger partial charge < -0.3 is 42.0 Å². The van der Waals surface area contributed by atoms with Crippen LogP contribution < -0.4 is 37.2 Å². The molecule has 0 aromatic rings. The van der Waals surface area contributed by atoms with Crippen molar-refractivity contribution in [2.24, 2.45) is 47.3 Å². The van der Waals surface area contributed by atoms with Crippen LogP contribution in [0.5, 0.6) is 0 Å². The minimum atomic E-state index is 0.407. The Kier molecular flexibility index (Phi) is 142. The van der Waals surface area contributed by atoms with Crippen LogP contribution in [0.3, 0.4) is 0 Å². The first-order valence-corrected chi connectivity index (χ1v) is 37.5. The quantitative estimate of drug-likeness (QED) is 0.127. The second-order valence-corrected chi connectivity index (χ2v) is 25.7. The van der Waals surface area contributed by atoms with Crippen LogP contribution in [-0.2, 0) is 4.74 Å². The van der Waals surface area contributed by atoms with Crippen molar-refractivity contribution in [1.82, 2.24) is 42.1 Å². The predicted octanol–water partition coefficient (Wildman–Crippen LogP) is 19.9. The Morgan fingerprint density at radius 1 is 0.301 bits per heavy atom. The summed E-state index contributed by atoms with van der Waals surface area (Å²) in [6, 6.07) is 0. The summed E-state index contributed by atoms with van der Waals surface area (Å²) >= 11 is 2.03. The van der Waals surface area contributed by atoms with Crippen molar-refractivity contribution >= 4 is 11.8 Å². The number of piperidine rings is 1. The lowest BCUT2D eigenvalue weighted by Crippen LogP contribution is -2.39. The summed E-state index contributed by atoms with van der Waals surface area (Å²) < 4.78 is 5.01. The van der Waals surface area contributed by atoms with Crippen LogP contribution in [-0.4, -0.2) is 140 Å². The molecule has 8 rings (SSSR count). The summed E-state index contributed by atoms with van der Waals surface area (Å²) in [6.45, 7) is 95.1. The smallest absolute Gasteiger partial charge is 0.0591 e. The summed E-state index contributed by atoms with van der Waals surface area (Å²) in [5.74, 6) is 9.70. The fourth-order valence-corrected chi connectivity index (χ4v) is 6.80. The largest absolute Gasteiger partial charge is 0.379 e. The van der Waals surface area contributed by atoms with Gasteiger partial charge in [0.15, 0.2) is 0 Å². The molecule has 0 aromatic heterocycles. The predicted molar refractivity (Wildman–Crippen MR) is 401 cm³/mol. The van der Waals surface area contributed by atoms with E-state index in [2.05, 4.69) is 188 Å². The van der Waals surface area contributed by atoms with Gasteiger partial charge in [-0.3, -0.25) is 4.90 Å². The van der Waals surface area contributed by atoms with E-state index in [9.17, 15) is 0 Å². The Balaban J connectivity index is -0.0000000656. The number of hydrogen-bond acceptors (Lipinski definition) is 10. The maximum atomic E-state index is 5.01. The number of hydrogen-bond donors (Lipinski definition) is 7. The first-order valence-electron chi connectivity index (χ1n) is 36.3. The number of nitrogens with one attached hydrogen (secondary N) is 7. The van der Waals surface area contributed by atoms with E-state index in [1.807, 2.05) is 109 Å². The highest BCUT2D eigenvalue weighted by atomic mass is 32.2. The number of piperazine rings is 1. The molecule has 0 amide bonds. The molecule has 0 spiro atoms.